The van der Waals surface area contributed by atoms with Gasteiger partial charge in [0.1, 0.15) is 11.8 Å². The van der Waals surface area contributed by atoms with Crippen LogP contribution in [0.1, 0.15) is 57.2 Å². The maximum Gasteiger partial charge on any atom is 0.338 e. The number of unbranched alkanes of at least 4 members (excludes halogenated alkanes) is 2. The molecule has 3 aromatic rings. The van der Waals surface area contributed by atoms with Crippen molar-refractivity contribution < 1.29 is 14.3 Å². The van der Waals surface area contributed by atoms with Gasteiger partial charge in [0.25, 0.3) is 0 Å². The van der Waals surface area contributed by atoms with Crippen molar-refractivity contribution in [3.63, 3.8) is 0 Å². The van der Waals surface area contributed by atoms with E-state index in [1.54, 1.807) is 16.4 Å². The second-order valence-corrected chi connectivity index (χ2v) is 9.29. The average molecular weight is 493 g/mol. The summed E-state index contributed by atoms with van der Waals surface area (Å²) in [6.07, 6.45) is 3.35. The summed E-state index contributed by atoms with van der Waals surface area (Å²) >= 11 is 1.56. The number of nitrogens with one attached hydrogen (secondary N) is 1. The van der Waals surface area contributed by atoms with Crippen molar-refractivity contribution in [3.8, 4) is 5.75 Å². The minimum absolute atomic E-state index is 0.301. The minimum atomic E-state index is -0.446. The molecule has 0 radical (unpaired) electrons. The van der Waals surface area contributed by atoms with E-state index in [1.165, 1.54) is 5.56 Å². The van der Waals surface area contributed by atoms with Crippen molar-refractivity contribution in [2.24, 2.45) is 0 Å². The Morgan fingerprint density at radius 3 is 2.57 bits per heavy atom. The Morgan fingerprint density at radius 2 is 1.86 bits per heavy atom. The molecule has 0 amide bonds. The van der Waals surface area contributed by atoms with Crippen LogP contribution in [0.15, 0.2) is 71.0 Å². The lowest BCUT2D eigenvalue weighted by Gasteiger charge is -2.28. The lowest BCUT2D eigenvalue weighted by Crippen LogP contribution is -2.29. The van der Waals surface area contributed by atoms with Crippen molar-refractivity contribution in [3.05, 3.63) is 77.0 Å². The number of thioether (sulfide) groups is 1. The minimum Gasteiger partial charge on any atom is -0.494 e. The molecular formula is C27H32N4O3S. The van der Waals surface area contributed by atoms with Crippen LogP contribution in [0.5, 0.6) is 5.75 Å². The zero-order valence-electron chi connectivity index (χ0n) is 20.5. The number of allylic oxidation sites excluding steroid dienone is 1. The lowest BCUT2D eigenvalue weighted by atomic mass is 9.96. The molecule has 0 fully saturated rings. The fourth-order valence-corrected chi connectivity index (χ4v) is 4.77. The molecule has 4 rings (SSSR count). The van der Waals surface area contributed by atoms with Gasteiger partial charge in [0.05, 0.1) is 18.8 Å². The van der Waals surface area contributed by atoms with Crippen LogP contribution >= 0.6 is 11.8 Å². The monoisotopic (exact) mass is 492 g/mol. The van der Waals surface area contributed by atoms with Gasteiger partial charge in [0.2, 0.25) is 11.1 Å². The fraction of sp³-hybridized carbons (Fsp3) is 0.370. The lowest BCUT2D eigenvalue weighted by molar-refractivity contribution is -0.139. The Bertz CT molecular complexity index is 1160. The molecule has 0 saturated heterocycles. The number of benzene rings is 2. The van der Waals surface area contributed by atoms with Gasteiger partial charge in [0, 0.05) is 11.4 Å². The van der Waals surface area contributed by atoms with Crippen LogP contribution in [0.2, 0.25) is 0 Å². The highest BCUT2D eigenvalue weighted by molar-refractivity contribution is 7.98. The van der Waals surface area contributed by atoms with E-state index in [-0.39, 0.29) is 5.97 Å². The van der Waals surface area contributed by atoms with Crippen LogP contribution in [0.25, 0.3) is 0 Å². The normalized spacial score (nSPS) is 14.9. The van der Waals surface area contributed by atoms with Gasteiger partial charge in [-0.05, 0) is 43.5 Å². The summed E-state index contributed by atoms with van der Waals surface area (Å²) in [5.41, 5.74) is 3.36. The predicted molar refractivity (Wildman–Crippen MR) is 139 cm³/mol. The van der Waals surface area contributed by atoms with E-state index < -0.39 is 6.04 Å². The standard InChI is InChI=1S/C27H32N4O3S/c1-4-6-10-17-34-22-15-13-21(14-16-22)24-23(25(32)33-5-2)19(3)28-26-29-27(30-31(24)26)35-18-20-11-8-7-9-12-20/h7-9,11-16,24H,4-6,10,17-18H2,1-3H3,(H,28,29,30). The first-order valence-corrected chi connectivity index (χ1v) is 13.1. The topological polar surface area (TPSA) is 78.3 Å². The van der Waals surface area contributed by atoms with Crippen molar-refractivity contribution in [2.45, 2.75) is 57.0 Å². The summed E-state index contributed by atoms with van der Waals surface area (Å²) in [5, 5.41) is 8.67. The zero-order valence-corrected chi connectivity index (χ0v) is 21.3. The number of carbonyl (C=O) groups excluding carboxylic acids is 1. The van der Waals surface area contributed by atoms with Crippen molar-refractivity contribution in [2.75, 3.05) is 18.5 Å². The van der Waals surface area contributed by atoms with E-state index in [0.717, 1.165) is 36.3 Å². The summed E-state index contributed by atoms with van der Waals surface area (Å²) in [7, 11) is 0. The molecule has 1 unspecified atom stereocenters. The molecule has 35 heavy (non-hydrogen) atoms. The van der Waals surface area contributed by atoms with Crippen LogP contribution in [0.4, 0.5) is 5.95 Å². The molecule has 1 N–H and O–H groups in total. The van der Waals surface area contributed by atoms with E-state index >= 15 is 0 Å². The first kappa shape index (κ1) is 24.9. The molecule has 1 aromatic heterocycles. The molecule has 2 heterocycles. The smallest absolute Gasteiger partial charge is 0.338 e. The molecule has 7 nitrogen and oxygen atoms in total. The Balaban J connectivity index is 1.61. The summed E-state index contributed by atoms with van der Waals surface area (Å²) < 4.78 is 13.1. The van der Waals surface area contributed by atoms with Crippen molar-refractivity contribution in [1.82, 2.24) is 14.8 Å². The van der Waals surface area contributed by atoms with Crippen LogP contribution in [0, 0.1) is 0 Å². The van der Waals surface area contributed by atoms with Crippen molar-refractivity contribution >= 4 is 23.7 Å². The average Bonchev–Trinajstić information content (AvgIpc) is 3.28. The number of esters is 1. The molecule has 2 aromatic carbocycles. The van der Waals surface area contributed by atoms with Gasteiger partial charge in [-0.25, -0.2) is 9.48 Å². The first-order valence-electron chi connectivity index (χ1n) is 12.1. The van der Waals surface area contributed by atoms with Gasteiger partial charge in [-0.2, -0.15) is 4.98 Å². The number of hydrogen-bond donors (Lipinski definition) is 1. The number of carbonyl (C=O) groups is 1. The Labute approximate surface area is 210 Å². The third kappa shape index (κ3) is 6.06. The highest BCUT2D eigenvalue weighted by Gasteiger charge is 2.35. The molecule has 1 atom stereocenters. The highest BCUT2D eigenvalue weighted by Crippen LogP contribution is 2.37. The maximum atomic E-state index is 13.0. The third-order valence-electron chi connectivity index (χ3n) is 5.75. The molecule has 1 aliphatic heterocycles. The number of nitrogens with zero attached hydrogens (tertiary/aromatic N) is 3. The van der Waals surface area contributed by atoms with Gasteiger partial charge >= 0.3 is 5.97 Å². The molecular weight excluding hydrogens is 460 g/mol. The van der Waals surface area contributed by atoms with E-state index in [2.05, 4.69) is 24.4 Å². The summed E-state index contributed by atoms with van der Waals surface area (Å²) in [5.74, 6) is 1.82. The quantitative estimate of drug-likeness (QED) is 0.200. The van der Waals surface area contributed by atoms with Crippen molar-refractivity contribution in [1.29, 1.82) is 0 Å². The van der Waals surface area contributed by atoms with Crippen LogP contribution < -0.4 is 10.1 Å². The number of hydrogen-bond acceptors (Lipinski definition) is 7. The second-order valence-electron chi connectivity index (χ2n) is 8.35. The first-order chi connectivity index (χ1) is 17.1. The second kappa shape index (κ2) is 11.9. The van der Waals surface area contributed by atoms with Gasteiger partial charge in [-0.1, -0.05) is 74.0 Å². The summed E-state index contributed by atoms with van der Waals surface area (Å²) in [4.78, 5) is 17.7. The highest BCUT2D eigenvalue weighted by atomic mass is 32.2. The van der Waals surface area contributed by atoms with Gasteiger partial charge in [0.15, 0.2) is 0 Å². The molecule has 0 aliphatic carbocycles. The largest absolute Gasteiger partial charge is 0.494 e. The van der Waals surface area contributed by atoms with E-state index in [0.29, 0.717) is 35.6 Å². The number of ether oxygens (including phenoxy) is 2. The zero-order chi connectivity index (χ0) is 24.6. The summed E-state index contributed by atoms with van der Waals surface area (Å²) in [6, 6.07) is 17.6. The number of anilines is 1. The Morgan fingerprint density at radius 1 is 1.09 bits per heavy atom. The molecule has 0 saturated carbocycles. The molecule has 184 valence electrons. The van der Waals surface area contributed by atoms with Gasteiger partial charge in [-0.3, -0.25) is 0 Å². The maximum absolute atomic E-state index is 13.0. The Kier molecular flexibility index (Phi) is 8.47. The SMILES string of the molecule is CCCCCOc1ccc(C2C(C(=O)OCC)=C(C)Nc3nc(SCc4ccccc4)nn32)cc1. The molecule has 0 bridgehead atoms. The van der Waals surface area contributed by atoms with E-state index in [4.69, 9.17) is 19.6 Å². The number of aromatic nitrogens is 3. The summed E-state index contributed by atoms with van der Waals surface area (Å²) in [6.45, 7) is 6.86. The third-order valence-corrected chi connectivity index (χ3v) is 6.66. The van der Waals surface area contributed by atoms with E-state index in [9.17, 15) is 4.79 Å². The number of rotatable bonds is 11. The molecule has 0 spiro atoms. The van der Waals surface area contributed by atoms with Crippen LogP contribution in [-0.2, 0) is 15.3 Å². The van der Waals surface area contributed by atoms with Crippen LogP contribution in [-0.4, -0.2) is 33.9 Å². The molecule has 1 aliphatic rings. The van der Waals surface area contributed by atoms with Gasteiger partial charge < -0.3 is 14.8 Å². The van der Waals surface area contributed by atoms with Gasteiger partial charge in [-0.15, -0.1) is 5.10 Å². The van der Waals surface area contributed by atoms with E-state index in [1.807, 2.05) is 56.3 Å². The predicted octanol–water partition coefficient (Wildman–Crippen LogP) is 5.99. The molecule has 8 heteroatoms. The Hall–Kier alpha value is -3.26. The fourth-order valence-electron chi connectivity index (χ4n) is 3.98. The van der Waals surface area contributed by atoms with Crippen LogP contribution in [0.3, 0.4) is 0 Å². The number of fused-ring (bicyclic) bond motifs is 1.